The van der Waals surface area contributed by atoms with Crippen LogP contribution in [0.15, 0.2) is 23.1 Å². The Kier molecular flexibility index (Phi) is 3.62. The third-order valence-corrected chi connectivity index (χ3v) is 5.25. The molecule has 3 heterocycles. The largest absolute Gasteiger partial charge is 0.498 e. The molecule has 9 heteroatoms. The van der Waals surface area contributed by atoms with Crippen LogP contribution in [0, 0.1) is 5.82 Å². The molecule has 0 spiro atoms. The van der Waals surface area contributed by atoms with E-state index < -0.39 is 22.8 Å². The lowest BCUT2D eigenvalue weighted by atomic mass is 10.1. The third-order valence-electron chi connectivity index (χ3n) is 4.34. The van der Waals surface area contributed by atoms with Crippen molar-refractivity contribution in [2.45, 2.75) is 0 Å². The maximum absolute atomic E-state index is 14.6. The summed E-state index contributed by atoms with van der Waals surface area (Å²) in [5.74, 6) is -1.97. The second kappa shape index (κ2) is 5.71. The number of benzene rings is 1. The first-order valence-corrected chi connectivity index (χ1v) is 8.48. The Balaban J connectivity index is 2.08. The van der Waals surface area contributed by atoms with Crippen LogP contribution in [0.4, 0.5) is 10.1 Å². The van der Waals surface area contributed by atoms with E-state index in [4.69, 9.17) is 0 Å². The molecule has 1 fully saturated rings. The van der Waals surface area contributed by atoms with E-state index in [1.165, 1.54) is 10.6 Å². The molecule has 0 saturated carbocycles. The molecule has 130 valence electrons. The molecule has 25 heavy (non-hydrogen) atoms. The van der Waals surface area contributed by atoms with Crippen LogP contribution in [-0.4, -0.2) is 46.8 Å². The van der Waals surface area contributed by atoms with Gasteiger partial charge >= 0.3 is 5.97 Å². The van der Waals surface area contributed by atoms with E-state index >= 15 is 0 Å². The highest BCUT2D eigenvalue weighted by molar-refractivity contribution is 7.19. The molecular formula is C16H14FN3O4S. The molecule has 0 amide bonds. The van der Waals surface area contributed by atoms with Gasteiger partial charge in [0.15, 0.2) is 5.06 Å². The summed E-state index contributed by atoms with van der Waals surface area (Å²) in [6.45, 7) is 2.71. The minimum absolute atomic E-state index is 0.0240. The number of anilines is 1. The van der Waals surface area contributed by atoms with Crippen LogP contribution in [0.25, 0.3) is 15.7 Å². The van der Waals surface area contributed by atoms with Gasteiger partial charge < -0.3 is 24.8 Å². The molecule has 0 aliphatic carbocycles. The van der Waals surface area contributed by atoms with E-state index in [2.05, 4.69) is 5.32 Å². The Bertz CT molecular complexity index is 1070. The monoisotopic (exact) mass is 363 g/mol. The summed E-state index contributed by atoms with van der Waals surface area (Å²) in [6, 6.07) is 2.63. The lowest BCUT2D eigenvalue weighted by Crippen LogP contribution is -2.43. The lowest BCUT2D eigenvalue weighted by molar-refractivity contribution is 0.0697. The highest BCUT2D eigenvalue weighted by Crippen LogP contribution is 2.32. The van der Waals surface area contributed by atoms with Crippen LogP contribution in [0.5, 0.6) is 5.06 Å². The van der Waals surface area contributed by atoms with Gasteiger partial charge in [-0.05, 0) is 12.1 Å². The summed E-state index contributed by atoms with van der Waals surface area (Å²) in [4.78, 5) is 26.1. The molecule has 1 aliphatic heterocycles. The Morgan fingerprint density at radius 3 is 2.68 bits per heavy atom. The van der Waals surface area contributed by atoms with Gasteiger partial charge in [-0.25, -0.2) is 9.18 Å². The SMILES string of the molecule is O=C(O)c1c(=O)c2cc(F)c(N3CCNCC3)cc2n2cc(O)sc12. The summed E-state index contributed by atoms with van der Waals surface area (Å²) < 4.78 is 16.1. The highest BCUT2D eigenvalue weighted by atomic mass is 32.1. The Labute approximate surface area is 144 Å². The minimum atomic E-state index is -1.40. The number of piperazine rings is 1. The van der Waals surface area contributed by atoms with Crippen molar-refractivity contribution in [3.63, 3.8) is 0 Å². The molecule has 3 aromatic rings. The van der Waals surface area contributed by atoms with Crippen molar-refractivity contribution >= 4 is 38.7 Å². The molecular weight excluding hydrogens is 349 g/mol. The summed E-state index contributed by atoms with van der Waals surface area (Å²) >= 11 is 0.802. The predicted molar refractivity (Wildman–Crippen MR) is 92.7 cm³/mol. The van der Waals surface area contributed by atoms with Crippen molar-refractivity contribution < 1.29 is 19.4 Å². The van der Waals surface area contributed by atoms with Gasteiger partial charge in [0, 0.05) is 26.2 Å². The van der Waals surface area contributed by atoms with Crippen LogP contribution in [-0.2, 0) is 0 Å². The molecule has 3 N–H and O–H groups in total. The lowest BCUT2D eigenvalue weighted by Gasteiger charge is -2.30. The minimum Gasteiger partial charge on any atom is -0.498 e. The number of carboxylic acid groups (broad SMARTS) is 1. The molecule has 0 bridgehead atoms. The second-order valence-corrected chi connectivity index (χ2v) is 6.82. The number of carbonyl (C=O) groups is 1. The summed E-state index contributed by atoms with van der Waals surface area (Å²) in [5, 5.41) is 22.2. The van der Waals surface area contributed by atoms with Crippen molar-refractivity contribution in [3.05, 3.63) is 39.9 Å². The number of pyridine rings is 1. The average Bonchev–Trinajstić information content (AvgIpc) is 2.96. The number of aromatic hydroxyl groups is 1. The summed E-state index contributed by atoms with van der Waals surface area (Å²) in [6.07, 6.45) is 1.34. The average molecular weight is 363 g/mol. The Morgan fingerprint density at radius 1 is 1.28 bits per heavy atom. The fourth-order valence-electron chi connectivity index (χ4n) is 3.19. The fraction of sp³-hybridized carbons (Fsp3) is 0.250. The van der Waals surface area contributed by atoms with Crippen LogP contribution < -0.4 is 15.6 Å². The number of carboxylic acids is 1. The molecule has 1 saturated heterocycles. The van der Waals surface area contributed by atoms with Gasteiger partial charge in [0.1, 0.15) is 16.2 Å². The molecule has 4 rings (SSSR count). The fourth-order valence-corrected chi connectivity index (χ4v) is 4.08. The van der Waals surface area contributed by atoms with Crippen molar-refractivity contribution in [2.75, 3.05) is 31.1 Å². The maximum atomic E-state index is 14.6. The van der Waals surface area contributed by atoms with Gasteiger partial charge in [0.2, 0.25) is 5.43 Å². The van der Waals surface area contributed by atoms with E-state index in [0.717, 1.165) is 30.5 Å². The smallest absolute Gasteiger partial charge is 0.342 e. The predicted octanol–water partition coefficient (Wildman–Crippen LogP) is 1.47. The standard InChI is InChI=1S/C16H14FN3O4S/c17-9-5-8-10(6-11(9)19-3-1-18-2-4-19)20-7-12(21)25-15(20)13(14(8)22)16(23)24/h5-7,18,21H,1-4H2,(H,23,24). The van der Waals surface area contributed by atoms with Gasteiger partial charge in [0.25, 0.3) is 0 Å². The van der Waals surface area contributed by atoms with E-state index in [-0.39, 0.29) is 15.3 Å². The van der Waals surface area contributed by atoms with Gasteiger partial charge in [-0.2, -0.15) is 0 Å². The van der Waals surface area contributed by atoms with Crippen molar-refractivity contribution in [2.24, 2.45) is 0 Å². The number of nitrogens with one attached hydrogen (secondary N) is 1. The Hall–Kier alpha value is -2.65. The van der Waals surface area contributed by atoms with Crippen LogP contribution in [0.1, 0.15) is 10.4 Å². The maximum Gasteiger partial charge on any atom is 0.342 e. The van der Waals surface area contributed by atoms with E-state index in [1.807, 2.05) is 4.90 Å². The number of fused-ring (bicyclic) bond motifs is 3. The van der Waals surface area contributed by atoms with Gasteiger partial charge in [-0.15, -0.1) is 0 Å². The number of aromatic carboxylic acids is 1. The highest BCUT2D eigenvalue weighted by Gasteiger charge is 2.23. The third kappa shape index (κ3) is 2.43. The van der Waals surface area contributed by atoms with Gasteiger partial charge in [0.05, 0.1) is 22.8 Å². The molecule has 2 aromatic heterocycles. The molecule has 1 aromatic carbocycles. The number of rotatable bonds is 2. The zero-order chi connectivity index (χ0) is 17.7. The number of halogens is 1. The van der Waals surface area contributed by atoms with Crippen molar-refractivity contribution in [1.29, 1.82) is 0 Å². The zero-order valence-corrected chi connectivity index (χ0v) is 13.8. The zero-order valence-electron chi connectivity index (χ0n) is 13.0. The van der Waals surface area contributed by atoms with E-state index in [9.17, 15) is 24.2 Å². The molecule has 7 nitrogen and oxygen atoms in total. The first-order valence-electron chi connectivity index (χ1n) is 7.66. The van der Waals surface area contributed by atoms with E-state index in [1.54, 1.807) is 6.07 Å². The summed E-state index contributed by atoms with van der Waals surface area (Å²) in [7, 11) is 0. The molecule has 0 unspecified atom stereocenters. The van der Waals surface area contributed by atoms with Crippen LogP contribution in [0.2, 0.25) is 0 Å². The number of nitrogens with zero attached hydrogens (tertiary/aromatic N) is 2. The molecule has 0 radical (unpaired) electrons. The quantitative estimate of drug-likeness (QED) is 0.638. The van der Waals surface area contributed by atoms with Crippen molar-refractivity contribution in [1.82, 2.24) is 9.72 Å². The summed E-state index contributed by atoms with van der Waals surface area (Å²) in [5.41, 5.74) is -0.491. The first-order chi connectivity index (χ1) is 12.0. The molecule has 1 aliphatic rings. The number of hydrogen-bond donors (Lipinski definition) is 3. The number of thiazole rings is 1. The Morgan fingerprint density at radius 2 is 2.00 bits per heavy atom. The van der Waals surface area contributed by atoms with Crippen LogP contribution >= 0.6 is 11.3 Å². The second-order valence-electron chi connectivity index (χ2n) is 5.81. The van der Waals surface area contributed by atoms with Gasteiger partial charge in [-0.1, -0.05) is 11.3 Å². The molecule has 0 atom stereocenters. The van der Waals surface area contributed by atoms with Gasteiger partial charge in [-0.3, -0.25) is 4.79 Å². The number of hydrogen-bond acceptors (Lipinski definition) is 6. The van der Waals surface area contributed by atoms with Crippen LogP contribution in [0.3, 0.4) is 0 Å². The van der Waals surface area contributed by atoms with Crippen molar-refractivity contribution in [3.8, 4) is 5.06 Å². The normalized spacial score (nSPS) is 15.2. The topological polar surface area (TPSA) is 94.3 Å². The number of aromatic nitrogens is 1. The first kappa shape index (κ1) is 15.9. The van der Waals surface area contributed by atoms with E-state index in [0.29, 0.717) is 24.3 Å².